The van der Waals surface area contributed by atoms with Gasteiger partial charge in [0, 0.05) is 11.3 Å². The molecule has 3 rings (SSSR count). The van der Waals surface area contributed by atoms with Crippen LogP contribution in [0.5, 0.6) is 11.5 Å². The Morgan fingerprint density at radius 2 is 2.11 bits per heavy atom. The van der Waals surface area contributed by atoms with E-state index in [9.17, 15) is 9.59 Å². The number of ether oxygens (including phenoxy) is 2. The highest BCUT2D eigenvalue weighted by Crippen LogP contribution is 2.46. The Morgan fingerprint density at radius 1 is 1.33 bits per heavy atom. The number of nitrogens with one attached hydrogen (secondary N) is 2. The molecule has 27 heavy (non-hydrogen) atoms. The second kappa shape index (κ2) is 7.91. The summed E-state index contributed by atoms with van der Waals surface area (Å²) in [6.45, 7) is 5.88. The number of carbonyl (C=O) groups is 2. The topological polar surface area (TPSA) is 119 Å². The monoisotopic (exact) mass is 390 g/mol. The maximum Gasteiger partial charge on any atom is 0.255 e. The minimum atomic E-state index is -0.557. The molecule has 2 heterocycles. The van der Waals surface area contributed by atoms with Gasteiger partial charge in [0.05, 0.1) is 17.1 Å². The number of aryl methyl sites for hydroxylation is 1. The second-order valence-corrected chi connectivity index (χ2v) is 7.60. The zero-order chi connectivity index (χ0) is 19.6. The number of nitrogens with two attached hydrogens (primary N) is 1. The van der Waals surface area contributed by atoms with Gasteiger partial charge in [-0.2, -0.15) is 5.10 Å². The van der Waals surface area contributed by atoms with Crippen LogP contribution in [0.4, 0.5) is 5.82 Å². The van der Waals surface area contributed by atoms with Crippen LogP contribution < -0.4 is 20.5 Å². The lowest BCUT2D eigenvalue weighted by molar-refractivity contribution is -0.120. The first-order chi connectivity index (χ1) is 12.9. The van der Waals surface area contributed by atoms with Crippen LogP contribution in [0.25, 0.3) is 0 Å². The van der Waals surface area contributed by atoms with Crippen LogP contribution in [-0.2, 0) is 9.59 Å². The van der Waals surface area contributed by atoms with Gasteiger partial charge in [0.2, 0.25) is 5.91 Å². The number of primary amides is 1. The third kappa shape index (κ3) is 4.02. The van der Waals surface area contributed by atoms with E-state index >= 15 is 0 Å². The zero-order valence-corrected chi connectivity index (χ0v) is 16.2. The third-order valence-corrected chi connectivity index (χ3v) is 5.55. The summed E-state index contributed by atoms with van der Waals surface area (Å²) in [6, 6.07) is 5.52. The number of benzene rings is 1. The van der Waals surface area contributed by atoms with E-state index < -0.39 is 5.91 Å². The summed E-state index contributed by atoms with van der Waals surface area (Å²) in [6.07, 6.45) is 0. The molecule has 0 aliphatic carbocycles. The van der Waals surface area contributed by atoms with Crippen LogP contribution in [0.15, 0.2) is 18.2 Å². The first-order valence-corrected chi connectivity index (χ1v) is 9.54. The minimum absolute atomic E-state index is 0.0818. The fraction of sp³-hybridized carbons (Fsp3) is 0.389. The Balaban J connectivity index is 2.01. The van der Waals surface area contributed by atoms with Gasteiger partial charge in [-0.1, -0.05) is 6.07 Å². The number of aromatic amines is 1. The molecule has 144 valence electrons. The SMILES string of the molecule is CCOc1cc(C2SC(C)C(=O)Nc3n[nH]c(C)c32)ccc1OCC(N)=O. The van der Waals surface area contributed by atoms with Crippen LogP contribution in [0.1, 0.15) is 35.9 Å². The number of H-pyrrole nitrogens is 1. The van der Waals surface area contributed by atoms with Gasteiger partial charge in [-0.05, 0) is 38.5 Å². The molecule has 0 spiro atoms. The predicted molar refractivity (Wildman–Crippen MR) is 103 cm³/mol. The molecule has 1 aromatic carbocycles. The molecule has 0 bridgehead atoms. The molecule has 0 radical (unpaired) electrons. The number of carbonyl (C=O) groups excluding carboxylic acids is 2. The van der Waals surface area contributed by atoms with Gasteiger partial charge in [-0.15, -0.1) is 11.8 Å². The number of fused-ring (bicyclic) bond motifs is 1. The van der Waals surface area contributed by atoms with E-state index in [2.05, 4.69) is 15.5 Å². The lowest BCUT2D eigenvalue weighted by Crippen LogP contribution is -2.21. The van der Waals surface area contributed by atoms with Crippen molar-refractivity contribution in [3.8, 4) is 11.5 Å². The summed E-state index contributed by atoms with van der Waals surface area (Å²) in [7, 11) is 0. The van der Waals surface area contributed by atoms with Crippen molar-refractivity contribution in [2.24, 2.45) is 5.73 Å². The van der Waals surface area contributed by atoms with Crippen LogP contribution in [-0.4, -0.2) is 40.5 Å². The van der Waals surface area contributed by atoms with Gasteiger partial charge in [-0.3, -0.25) is 14.7 Å². The predicted octanol–water partition coefficient (Wildman–Crippen LogP) is 2.14. The first kappa shape index (κ1) is 19.1. The summed E-state index contributed by atoms with van der Waals surface area (Å²) in [5.41, 5.74) is 7.93. The summed E-state index contributed by atoms with van der Waals surface area (Å²) < 4.78 is 11.1. The molecule has 2 aromatic rings. The number of aromatic nitrogens is 2. The second-order valence-electron chi connectivity index (χ2n) is 6.15. The van der Waals surface area contributed by atoms with Crippen LogP contribution in [0.2, 0.25) is 0 Å². The summed E-state index contributed by atoms with van der Waals surface area (Å²) in [4.78, 5) is 23.3. The van der Waals surface area contributed by atoms with Gasteiger partial charge in [-0.25, -0.2) is 0 Å². The smallest absolute Gasteiger partial charge is 0.255 e. The maximum absolute atomic E-state index is 12.3. The summed E-state index contributed by atoms with van der Waals surface area (Å²) in [5, 5.41) is 9.67. The number of thioether (sulfide) groups is 1. The van der Waals surface area contributed by atoms with Crippen molar-refractivity contribution in [2.45, 2.75) is 31.3 Å². The number of hydrogen-bond acceptors (Lipinski definition) is 6. The van der Waals surface area contributed by atoms with Gasteiger partial charge < -0.3 is 20.5 Å². The number of amides is 2. The quantitative estimate of drug-likeness (QED) is 0.695. The molecule has 1 aliphatic heterocycles. The van der Waals surface area contributed by atoms with Crippen molar-refractivity contribution < 1.29 is 19.1 Å². The zero-order valence-electron chi connectivity index (χ0n) is 15.4. The number of anilines is 1. The molecule has 2 amide bonds. The number of nitrogens with zero attached hydrogens (tertiary/aromatic N) is 1. The Morgan fingerprint density at radius 3 is 2.81 bits per heavy atom. The molecule has 1 aromatic heterocycles. The first-order valence-electron chi connectivity index (χ1n) is 8.59. The van der Waals surface area contributed by atoms with Crippen molar-refractivity contribution in [1.82, 2.24) is 10.2 Å². The van der Waals surface area contributed by atoms with Crippen molar-refractivity contribution in [3.63, 3.8) is 0 Å². The van der Waals surface area contributed by atoms with Gasteiger partial charge in [0.25, 0.3) is 5.91 Å². The molecule has 0 saturated heterocycles. The average molecular weight is 390 g/mol. The highest BCUT2D eigenvalue weighted by atomic mass is 32.2. The van der Waals surface area contributed by atoms with Gasteiger partial charge >= 0.3 is 0 Å². The van der Waals surface area contributed by atoms with Crippen molar-refractivity contribution >= 4 is 29.4 Å². The fourth-order valence-corrected chi connectivity index (χ4v) is 4.19. The van der Waals surface area contributed by atoms with E-state index in [4.69, 9.17) is 15.2 Å². The van der Waals surface area contributed by atoms with Crippen LogP contribution >= 0.6 is 11.8 Å². The molecule has 2 unspecified atom stereocenters. The Hall–Kier alpha value is -2.68. The van der Waals surface area contributed by atoms with E-state index in [1.54, 1.807) is 6.07 Å². The van der Waals surface area contributed by atoms with Gasteiger partial charge in [0.1, 0.15) is 0 Å². The molecule has 1 aliphatic rings. The maximum atomic E-state index is 12.3. The summed E-state index contributed by atoms with van der Waals surface area (Å²) in [5.74, 6) is 0.881. The normalized spacial score (nSPS) is 19.0. The van der Waals surface area contributed by atoms with Crippen LogP contribution in [0.3, 0.4) is 0 Å². The van der Waals surface area contributed by atoms with E-state index in [-0.39, 0.29) is 23.0 Å². The number of rotatable bonds is 6. The Kier molecular flexibility index (Phi) is 5.59. The summed E-state index contributed by atoms with van der Waals surface area (Å²) >= 11 is 1.54. The van der Waals surface area contributed by atoms with Crippen molar-refractivity contribution in [1.29, 1.82) is 0 Å². The standard InChI is InChI=1S/C18H22N4O4S/c1-4-25-13-7-11(5-6-12(13)26-8-14(19)23)16-15-9(2)21-22-17(15)20-18(24)10(3)27-16/h5-7,10,16H,4,8H2,1-3H3,(H2,19,23)(H2,20,21,22,24). The van der Waals surface area contributed by atoms with E-state index in [0.717, 1.165) is 16.8 Å². The lowest BCUT2D eigenvalue weighted by atomic mass is 10.0. The van der Waals surface area contributed by atoms with Crippen molar-refractivity contribution in [2.75, 3.05) is 18.5 Å². The molecule has 0 fully saturated rings. The Bertz CT molecular complexity index is 867. The minimum Gasteiger partial charge on any atom is -0.490 e. The third-order valence-electron chi connectivity index (χ3n) is 4.15. The largest absolute Gasteiger partial charge is 0.490 e. The molecule has 9 heteroatoms. The molecule has 2 atom stereocenters. The molecular formula is C18H22N4O4S. The van der Waals surface area contributed by atoms with E-state index in [0.29, 0.717) is 23.9 Å². The highest BCUT2D eigenvalue weighted by molar-refractivity contribution is 8.01. The van der Waals surface area contributed by atoms with Gasteiger partial charge in [0.15, 0.2) is 23.9 Å². The van der Waals surface area contributed by atoms with E-state index in [1.165, 1.54) is 11.8 Å². The fourth-order valence-electron chi connectivity index (χ4n) is 2.88. The molecular weight excluding hydrogens is 368 g/mol. The number of hydrogen-bond donors (Lipinski definition) is 3. The highest BCUT2D eigenvalue weighted by Gasteiger charge is 2.32. The van der Waals surface area contributed by atoms with Crippen molar-refractivity contribution in [3.05, 3.63) is 35.0 Å². The van der Waals surface area contributed by atoms with Crippen LogP contribution in [0, 0.1) is 6.92 Å². The lowest BCUT2D eigenvalue weighted by Gasteiger charge is -2.20. The molecule has 4 N–H and O–H groups in total. The Labute approximate surface area is 161 Å². The molecule has 8 nitrogen and oxygen atoms in total. The molecule has 0 saturated carbocycles. The van der Waals surface area contributed by atoms with E-state index in [1.807, 2.05) is 32.9 Å². The average Bonchev–Trinajstić information content (AvgIpc) is 2.92.